The molecule has 0 atom stereocenters. The molecule has 1 aromatic heterocycles. The molecule has 0 radical (unpaired) electrons. The molecular formula is C10H13N3O4. The summed E-state index contributed by atoms with van der Waals surface area (Å²) in [5.74, 6) is -1.07. The molecule has 17 heavy (non-hydrogen) atoms. The number of rotatable bonds is 6. The lowest BCUT2D eigenvalue weighted by molar-refractivity contribution is -0.385. The first-order valence-electron chi connectivity index (χ1n) is 5.17. The molecule has 7 nitrogen and oxygen atoms in total. The van der Waals surface area contributed by atoms with Crippen molar-refractivity contribution in [3.63, 3.8) is 0 Å². The maximum atomic E-state index is 10.9. The summed E-state index contributed by atoms with van der Waals surface area (Å²) >= 11 is 0. The first-order valence-corrected chi connectivity index (χ1v) is 5.17. The van der Waals surface area contributed by atoms with E-state index in [0.29, 0.717) is 6.54 Å². The van der Waals surface area contributed by atoms with Crippen LogP contribution in [0, 0.1) is 10.1 Å². The van der Waals surface area contributed by atoms with E-state index in [0.717, 1.165) is 25.1 Å². The number of carbonyl (C=O) groups is 1. The van der Waals surface area contributed by atoms with Crippen LogP contribution in [0.25, 0.3) is 0 Å². The van der Waals surface area contributed by atoms with Crippen molar-refractivity contribution in [1.82, 2.24) is 4.98 Å². The molecule has 1 rings (SSSR count). The molecule has 7 heteroatoms. The van der Waals surface area contributed by atoms with Crippen molar-refractivity contribution in [3.05, 3.63) is 27.9 Å². The fourth-order valence-corrected chi connectivity index (χ4v) is 1.24. The molecule has 1 aromatic rings. The maximum Gasteiger partial charge on any atom is 0.339 e. The summed E-state index contributed by atoms with van der Waals surface area (Å²) in [5, 5.41) is 22.3. The molecule has 0 amide bonds. The van der Waals surface area contributed by atoms with Gasteiger partial charge in [0, 0.05) is 12.6 Å². The van der Waals surface area contributed by atoms with E-state index in [-0.39, 0.29) is 17.1 Å². The van der Waals surface area contributed by atoms with Crippen molar-refractivity contribution in [2.75, 3.05) is 11.9 Å². The molecule has 0 aliphatic heterocycles. The van der Waals surface area contributed by atoms with E-state index in [1.807, 2.05) is 6.92 Å². The van der Waals surface area contributed by atoms with Crippen molar-refractivity contribution >= 4 is 17.5 Å². The quantitative estimate of drug-likeness (QED) is 0.446. The van der Waals surface area contributed by atoms with E-state index in [1.165, 1.54) is 0 Å². The summed E-state index contributed by atoms with van der Waals surface area (Å²) in [6.45, 7) is 2.59. The lowest BCUT2D eigenvalue weighted by atomic mass is 10.2. The van der Waals surface area contributed by atoms with Crippen LogP contribution >= 0.6 is 0 Å². The Balaban J connectivity index is 2.96. The van der Waals surface area contributed by atoms with Gasteiger partial charge in [-0.2, -0.15) is 0 Å². The molecular weight excluding hydrogens is 226 g/mol. The predicted molar refractivity (Wildman–Crippen MR) is 61.2 cm³/mol. The molecule has 0 saturated carbocycles. The van der Waals surface area contributed by atoms with Gasteiger partial charge in [-0.3, -0.25) is 10.1 Å². The van der Waals surface area contributed by atoms with Crippen LogP contribution in [0.2, 0.25) is 0 Å². The molecule has 0 saturated heterocycles. The van der Waals surface area contributed by atoms with Crippen LogP contribution in [0.3, 0.4) is 0 Å². The number of anilines is 1. The molecule has 1 heterocycles. The van der Waals surface area contributed by atoms with Gasteiger partial charge >= 0.3 is 5.97 Å². The van der Waals surface area contributed by atoms with Gasteiger partial charge in [-0.15, -0.1) is 0 Å². The predicted octanol–water partition coefficient (Wildman–Crippen LogP) is 1.90. The number of hydrogen-bond acceptors (Lipinski definition) is 5. The summed E-state index contributed by atoms with van der Waals surface area (Å²) in [7, 11) is 0. The lowest BCUT2D eigenvalue weighted by Crippen LogP contribution is -2.10. The third-order valence-electron chi connectivity index (χ3n) is 2.14. The number of nitrogens with zero attached hydrogens (tertiary/aromatic N) is 2. The number of nitro groups is 1. The number of unbranched alkanes of at least 4 members (excludes halogenated alkanes) is 1. The Morgan fingerprint density at radius 3 is 2.88 bits per heavy atom. The highest BCUT2D eigenvalue weighted by molar-refractivity contribution is 5.93. The zero-order valence-electron chi connectivity index (χ0n) is 9.34. The molecule has 2 N–H and O–H groups in total. The van der Waals surface area contributed by atoms with E-state index in [4.69, 9.17) is 5.11 Å². The number of nitrogens with one attached hydrogen (secondary N) is 1. The van der Waals surface area contributed by atoms with Crippen molar-refractivity contribution < 1.29 is 14.8 Å². The number of carboxylic acids is 1. The molecule has 0 unspecified atom stereocenters. The molecule has 0 fully saturated rings. The van der Waals surface area contributed by atoms with Gasteiger partial charge in [0.2, 0.25) is 0 Å². The van der Waals surface area contributed by atoms with Crippen molar-refractivity contribution in [3.8, 4) is 0 Å². The van der Waals surface area contributed by atoms with Gasteiger partial charge in [0.15, 0.2) is 0 Å². The Bertz CT molecular complexity index is 434. The minimum Gasteiger partial charge on any atom is -0.478 e. The van der Waals surface area contributed by atoms with Gasteiger partial charge in [0.05, 0.1) is 4.92 Å². The number of hydrogen-bond donors (Lipinski definition) is 2. The minimum absolute atomic E-state index is 0.163. The average Bonchev–Trinajstić information content (AvgIpc) is 2.29. The van der Waals surface area contributed by atoms with Gasteiger partial charge in [-0.1, -0.05) is 13.3 Å². The molecule has 92 valence electrons. The van der Waals surface area contributed by atoms with E-state index < -0.39 is 10.9 Å². The fraction of sp³-hybridized carbons (Fsp3) is 0.400. The molecule has 0 aliphatic rings. The first-order chi connectivity index (χ1) is 8.06. The normalized spacial score (nSPS) is 9.94. The van der Waals surface area contributed by atoms with Gasteiger partial charge in [0.1, 0.15) is 17.6 Å². The van der Waals surface area contributed by atoms with Crippen LogP contribution in [-0.2, 0) is 0 Å². The second-order valence-electron chi connectivity index (χ2n) is 3.43. The van der Waals surface area contributed by atoms with Crippen LogP contribution in [0.1, 0.15) is 30.1 Å². The van der Waals surface area contributed by atoms with E-state index in [2.05, 4.69) is 10.3 Å². The minimum atomic E-state index is -1.24. The smallest absolute Gasteiger partial charge is 0.339 e. The SMILES string of the molecule is CCCCNc1ncc([N+](=O)[O-])cc1C(=O)O. The van der Waals surface area contributed by atoms with Crippen molar-refractivity contribution in [2.45, 2.75) is 19.8 Å². The fourth-order valence-electron chi connectivity index (χ4n) is 1.24. The van der Waals surface area contributed by atoms with Gasteiger partial charge < -0.3 is 10.4 Å². The highest BCUT2D eigenvalue weighted by Crippen LogP contribution is 2.19. The zero-order valence-corrected chi connectivity index (χ0v) is 9.34. The highest BCUT2D eigenvalue weighted by atomic mass is 16.6. The Morgan fingerprint density at radius 1 is 1.65 bits per heavy atom. The molecule has 0 aromatic carbocycles. The summed E-state index contributed by atoms with van der Waals surface area (Å²) in [5.41, 5.74) is -0.515. The Labute approximate surface area is 97.6 Å². The number of pyridine rings is 1. The lowest BCUT2D eigenvalue weighted by Gasteiger charge is -2.07. The van der Waals surface area contributed by atoms with E-state index in [1.54, 1.807) is 0 Å². The molecule has 0 spiro atoms. The van der Waals surface area contributed by atoms with Gasteiger partial charge in [0.25, 0.3) is 5.69 Å². The summed E-state index contributed by atoms with van der Waals surface area (Å²) < 4.78 is 0. The second-order valence-corrected chi connectivity index (χ2v) is 3.43. The maximum absolute atomic E-state index is 10.9. The van der Waals surface area contributed by atoms with E-state index >= 15 is 0 Å². The monoisotopic (exact) mass is 239 g/mol. The molecule has 0 bridgehead atoms. The number of aromatic carboxylic acids is 1. The third kappa shape index (κ3) is 3.40. The summed E-state index contributed by atoms with van der Waals surface area (Å²) in [6, 6.07) is 1.00. The van der Waals surface area contributed by atoms with Gasteiger partial charge in [-0.05, 0) is 6.42 Å². The number of carboxylic acid groups (broad SMARTS) is 1. The first kappa shape index (κ1) is 12.9. The molecule has 0 aliphatic carbocycles. The Morgan fingerprint density at radius 2 is 2.35 bits per heavy atom. The van der Waals surface area contributed by atoms with Crippen LogP contribution in [-0.4, -0.2) is 27.5 Å². The standard InChI is InChI=1S/C10H13N3O4/c1-2-3-4-11-9-8(10(14)15)5-7(6-12-9)13(16)17/h5-6H,2-4H2,1H3,(H,11,12)(H,14,15). The van der Waals surface area contributed by atoms with Crippen molar-refractivity contribution in [1.29, 1.82) is 0 Å². The van der Waals surface area contributed by atoms with Crippen LogP contribution in [0.15, 0.2) is 12.3 Å². The number of aromatic nitrogens is 1. The Hall–Kier alpha value is -2.18. The Kier molecular flexibility index (Phi) is 4.38. The summed E-state index contributed by atoms with van der Waals surface area (Å²) in [4.78, 5) is 24.5. The summed E-state index contributed by atoms with van der Waals surface area (Å²) in [6.07, 6.45) is 2.88. The second kappa shape index (κ2) is 5.78. The van der Waals surface area contributed by atoms with Crippen molar-refractivity contribution in [2.24, 2.45) is 0 Å². The average molecular weight is 239 g/mol. The zero-order chi connectivity index (χ0) is 12.8. The highest BCUT2D eigenvalue weighted by Gasteiger charge is 2.16. The van der Waals surface area contributed by atoms with Gasteiger partial charge in [-0.25, -0.2) is 9.78 Å². The van der Waals surface area contributed by atoms with Crippen LogP contribution < -0.4 is 5.32 Å². The topological polar surface area (TPSA) is 105 Å². The van der Waals surface area contributed by atoms with Crippen LogP contribution in [0.4, 0.5) is 11.5 Å². The van der Waals surface area contributed by atoms with Crippen LogP contribution in [0.5, 0.6) is 0 Å². The largest absolute Gasteiger partial charge is 0.478 e. The van der Waals surface area contributed by atoms with E-state index in [9.17, 15) is 14.9 Å². The third-order valence-corrected chi connectivity index (χ3v) is 2.14.